The lowest BCUT2D eigenvalue weighted by molar-refractivity contribution is 1.63. The first kappa shape index (κ1) is 24.8. The fourth-order valence-electron chi connectivity index (χ4n) is 7.27. The van der Waals surface area contributed by atoms with E-state index < -0.39 is 0 Å². The highest BCUT2D eigenvalue weighted by Crippen LogP contribution is 2.48. The SMILES string of the molecule is c1ccc(-c2cc3ccccc3cc2-c2c3ccccc3c(-c3cccc4c3ccc3ccccc34)c3ccccc23)cc1. The zero-order valence-electron chi connectivity index (χ0n) is 24.2. The molecule has 44 heavy (non-hydrogen) atoms. The Bertz CT molecular complexity index is 2480. The monoisotopic (exact) mass is 556 g/mol. The molecule has 0 saturated carbocycles. The molecule has 0 aliphatic rings. The fraction of sp³-hybridized carbons (Fsp3) is 0. The Labute approximate surface area is 256 Å². The van der Waals surface area contributed by atoms with Crippen molar-refractivity contribution < 1.29 is 0 Å². The molecule has 0 fully saturated rings. The average Bonchev–Trinajstić information content (AvgIpc) is 3.10. The summed E-state index contributed by atoms with van der Waals surface area (Å²) in [5.41, 5.74) is 7.60. The first-order valence-corrected chi connectivity index (χ1v) is 15.3. The number of rotatable bonds is 3. The van der Waals surface area contributed by atoms with E-state index in [4.69, 9.17) is 0 Å². The van der Waals surface area contributed by atoms with Crippen molar-refractivity contribution in [3.63, 3.8) is 0 Å². The second-order valence-electron chi connectivity index (χ2n) is 11.6. The molecule has 204 valence electrons. The van der Waals surface area contributed by atoms with E-state index in [1.807, 2.05) is 0 Å². The second kappa shape index (κ2) is 9.93. The van der Waals surface area contributed by atoms with Crippen LogP contribution in [0.5, 0.6) is 0 Å². The maximum Gasteiger partial charge on any atom is -0.00199 e. The Morgan fingerprint density at radius 3 is 1.34 bits per heavy atom. The van der Waals surface area contributed by atoms with Gasteiger partial charge in [-0.15, -0.1) is 0 Å². The molecule has 0 aliphatic heterocycles. The van der Waals surface area contributed by atoms with Gasteiger partial charge in [-0.2, -0.15) is 0 Å². The third-order valence-electron chi connectivity index (χ3n) is 9.23. The van der Waals surface area contributed by atoms with Crippen molar-refractivity contribution in [2.45, 2.75) is 0 Å². The van der Waals surface area contributed by atoms with E-state index in [2.05, 4.69) is 170 Å². The molecule has 0 heterocycles. The summed E-state index contributed by atoms with van der Waals surface area (Å²) in [6.45, 7) is 0. The van der Waals surface area contributed by atoms with Crippen molar-refractivity contribution in [3.8, 4) is 33.4 Å². The third-order valence-corrected chi connectivity index (χ3v) is 9.23. The highest BCUT2D eigenvalue weighted by atomic mass is 14.2. The molecule has 0 saturated heterocycles. The van der Waals surface area contributed by atoms with E-state index in [1.54, 1.807) is 0 Å². The Morgan fingerprint density at radius 2 is 0.705 bits per heavy atom. The molecule has 0 N–H and O–H groups in total. The summed E-state index contributed by atoms with van der Waals surface area (Å²) in [6.07, 6.45) is 0. The molecule has 0 amide bonds. The molecule has 0 unspecified atom stereocenters. The van der Waals surface area contributed by atoms with Gasteiger partial charge in [0.05, 0.1) is 0 Å². The molecular formula is C44H28. The van der Waals surface area contributed by atoms with E-state index in [0.717, 1.165) is 0 Å². The van der Waals surface area contributed by atoms with Crippen LogP contribution in [-0.4, -0.2) is 0 Å². The van der Waals surface area contributed by atoms with Crippen LogP contribution in [-0.2, 0) is 0 Å². The van der Waals surface area contributed by atoms with Gasteiger partial charge >= 0.3 is 0 Å². The van der Waals surface area contributed by atoms with E-state index in [9.17, 15) is 0 Å². The molecule has 0 heteroatoms. The first-order chi connectivity index (χ1) is 21.8. The van der Waals surface area contributed by atoms with Crippen LogP contribution < -0.4 is 0 Å². The maximum absolute atomic E-state index is 2.40. The molecule has 9 rings (SSSR count). The van der Waals surface area contributed by atoms with Gasteiger partial charge in [0.25, 0.3) is 0 Å². The van der Waals surface area contributed by atoms with Crippen molar-refractivity contribution >= 4 is 53.9 Å². The lowest BCUT2D eigenvalue weighted by atomic mass is 9.82. The molecule has 0 aromatic heterocycles. The zero-order valence-corrected chi connectivity index (χ0v) is 24.2. The molecule has 0 spiro atoms. The number of fused-ring (bicyclic) bond motifs is 6. The lowest BCUT2D eigenvalue weighted by Gasteiger charge is -2.21. The van der Waals surface area contributed by atoms with E-state index in [1.165, 1.54) is 87.2 Å². The molecule has 0 nitrogen and oxygen atoms in total. The largest absolute Gasteiger partial charge is 0.0622 e. The van der Waals surface area contributed by atoms with Gasteiger partial charge in [-0.05, 0) is 99.4 Å². The van der Waals surface area contributed by atoms with Crippen LogP contribution in [0.4, 0.5) is 0 Å². The smallest absolute Gasteiger partial charge is 0.00199 e. The van der Waals surface area contributed by atoms with Crippen LogP contribution in [0.25, 0.3) is 87.2 Å². The van der Waals surface area contributed by atoms with Crippen molar-refractivity contribution in [2.75, 3.05) is 0 Å². The van der Waals surface area contributed by atoms with Crippen molar-refractivity contribution in [3.05, 3.63) is 170 Å². The summed E-state index contributed by atoms with van der Waals surface area (Å²) in [4.78, 5) is 0. The Hall–Kier alpha value is -5.72. The second-order valence-corrected chi connectivity index (χ2v) is 11.6. The maximum atomic E-state index is 2.40. The standard InChI is InChI=1S/C44H28/c1-2-13-29(14-3-1)41-27-31-16-4-5-17-32(31)28-42(41)44-39-21-10-8-19-37(39)43(38-20-9-11-22-40(38)44)36-24-12-23-34-33-18-7-6-15-30(33)25-26-35(34)36/h1-28H. The summed E-state index contributed by atoms with van der Waals surface area (Å²) in [5.74, 6) is 0. The molecular weight excluding hydrogens is 528 g/mol. The Morgan fingerprint density at radius 1 is 0.227 bits per heavy atom. The van der Waals surface area contributed by atoms with E-state index >= 15 is 0 Å². The van der Waals surface area contributed by atoms with Crippen molar-refractivity contribution in [1.29, 1.82) is 0 Å². The number of hydrogen-bond acceptors (Lipinski definition) is 0. The first-order valence-electron chi connectivity index (χ1n) is 15.3. The topological polar surface area (TPSA) is 0 Å². The van der Waals surface area contributed by atoms with Crippen LogP contribution in [0.1, 0.15) is 0 Å². The van der Waals surface area contributed by atoms with Crippen molar-refractivity contribution in [1.82, 2.24) is 0 Å². The van der Waals surface area contributed by atoms with Crippen LogP contribution in [0.3, 0.4) is 0 Å². The van der Waals surface area contributed by atoms with Crippen LogP contribution in [0.15, 0.2) is 170 Å². The Kier molecular flexibility index (Phi) is 5.61. The Balaban J connectivity index is 1.44. The molecule has 9 aromatic carbocycles. The molecule has 0 radical (unpaired) electrons. The molecule has 0 aliphatic carbocycles. The number of benzene rings is 9. The van der Waals surface area contributed by atoms with Gasteiger partial charge in [-0.25, -0.2) is 0 Å². The normalized spacial score (nSPS) is 11.6. The highest BCUT2D eigenvalue weighted by molar-refractivity contribution is 6.25. The average molecular weight is 557 g/mol. The fourth-order valence-corrected chi connectivity index (χ4v) is 7.27. The predicted molar refractivity (Wildman–Crippen MR) is 190 cm³/mol. The number of hydrogen-bond donors (Lipinski definition) is 0. The predicted octanol–water partition coefficient (Wildman–Crippen LogP) is 12.5. The summed E-state index contributed by atoms with van der Waals surface area (Å²) in [7, 11) is 0. The van der Waals surface area contributed by atoms with Crippen LogP contribution in [0, 0.1) is 0 Å². The van der Waals surface area contributed by atoms with Gasteiger partial charge in [0.1, 0.15) is 0 Å². The van der Waals surface area contributed by atoms with Gasteiger partial charge in [0.2, 0.25) is 0 Å². The van der Waals surface area contributed by atoms with Gasteiger partial charge in [-0.3, -0.25) is 0 Å². The van der Waals surface area contributed by atoms with Gasteiger partial charge in [0, 0.05) is 0 Å². The van der Waals surface area contributed by atoms with Crippen LogP contribution >= 0.6 is 0 Å². The van der Waals surface area contributed by atoms with E-state index in [-0.39, 0.29) is 0 Å². The van der Waals surface area contributed by atoms with Gasteiger partial charge < -0.3 is 0 Å². The molecule has 0 bridgehead atoms. The highest BCUT2D eigenvalue weighted by Gasteiger charge is 2.20. The van der Waals surface area contributed by atoms with Gasteiger partial charge in [-0.1, -0.05) is 158 Å². The third kappa shape index (κ3) is 3.78. The van der Waals surface area contributed by atoms with E-state index in [0.29, 0.717) is 0 Å². The minimum Gasteiger partial charge on any atom is -0.0622 e. The summed E-state index contributed by atoms with van der Waals surface area (Å²) >= 11 is 0. The quantitative estimate of drug-likeness (QED) is 0.150. The zero-order chi connectivity index (χ0) is 29.0. The summed E-state index contributed by atoms with van der Waals surface area (Å²) in [5, 5.41) is 12.7. The van der Waals surface area contributed by atoms with Crippen molar-refractivity contribution in [2.24, 2.45) is 0 Å². The van der Waals surface area contributed by atoms with Crippen LogP contribution in [0.2, 0.25) is 0 Å². The summed E-state index contributed by atoms with van der Waals surface area (Å²) < 4.78 is 0. The molecule has 0 atom stereocenters. The lowest BCUT2D eigenvalue weighted by Crippen LogP contribution is -1.94. The minimum atomic E-state index is 1.23. The minimum absolute atomic E-state index is 1.23. The molecule has 9 aromatic rings. The van der Waals surface area contributed by atoms with Gasteiger partial charge in [0.15, 0.2) is 0 Å². The summed E-state index contributed by atoms with van der Waals surface area (Å²) in [6, 6.07) is 62.3.